The molecule has 0 spiro atoms. The molecule has 0 unspecified atom stereocenters. The lowest BCUT2D eigenvalue weighted by Crippen LogP contribution is -2.12. The first-order valence-corrected chi connectivity index (χ1v) is 8.74. The number of carbonyl (C=O) groups is 1. The summed E-state index contributed by atoms with van der Waals surface area (Å²) in [7, 11) is 1.77. The summed E-state index contributed by atoms with van der Waals surface area (Å²) < 4.78 is 15.0. The van der Waals surface area contributed by atoms with Gasteiger partial charge < -0.3 is 5.32 Å². The maximum atomic E-state index is 13.4. The van der Waals surface area contributed by atoms with E-state index in [1.807, 2.05) is 6.92 Å². The van der Waals surface area contributed by atoms with Gasteiger partial charge in [0.1, 0.15) is 10.8 Å². The molecule has 130 valence electrons. The Bertz CT molecular complexity index is 930. The van der Waals surface area contributed by atoms with Gasteiger partial charge in [-0.05, 0) is 37.6 Å². The first-order valence-electron chi connectivity index (χ1n) is 7.54. The molecule has 0 bridgehead atoms. The maximum absolute atomic E-state index is 13.4. The topological polar surface area (TPSA) is 59.8 Å². The van der Waals surface area contributed by atoms with Crippen LogP contribution in [0.4, 0.5) is 9.39 Å². The van der Waals surface area contributed by atoms with Crippen molar-refractivity contribution in [2.24, 2.45) is 7.05 Å². The summed E-state index contributed by atoms with van der Waals surface area (Å²) in [4.78, 5) is 16.9. The van der Waals surface area contributed by atoms with Gasteiger partial charge in [-0.15, -0.1) is 11.3 Å². The van der Waals surface area contributed by atoms with Crippen molar-refractivity contribution in [2.45, 2.75) is 20.3 Å². The van der Waals surface area contributed by atoms with E-state index in [1.165, 1.54) is 23.5 Å². The zero-order valence-corrected chi connectivity index (χ0v) is 15.5. The van der Waals surface area contributed by atoms with Crippen molar-refractivity contribution in [3.8, 4) is 0 Å². The molecule has 0 atom stereocenters. The molecule has 0 aliphatic carbocycles. The molecule has 0 aliphatic heterocycles. The Balaban J connectivity index is 1.78. The number of anilines is 1. The number of nitrogens with one attached hydrogen (secondary N) is 1. The monoisotopic (exact) mass is 378 g/mol. The third-order valence-electron chi connectivity index (χ3n) is 3.60. The van der Waals surface area contributed by atoms with Gasteiger partial charge in [-0.3, -0.25) is 9.48 Å². The zero-order chi connectivity index (χ0) is 18.1. The number of thiazole rings is 1. The molecule has 25 heavy (non-hydrogen) atoms. The fourth-order valence-corrected chi connectivity index (χ4v) is 3.76. The van der Waals surface area contributed by atoms with E-state index in [0.29, 0.717) is 27.7 Å². The van der Waals surface area contributed by atoms with E-state index in [-0.39, 0.29) is 11.7 Å². The second-order valence-electron chi connectivity index (χ2n) is 5.73. The molecule has 5 nitrogen and oxygen atoms in total. The Labute approximate surface area is 153 Å². The quantitative estimate of drug-likeness (QED) is 0.742. The van der Waals surface area contributed by atoms with Gasteiger partial charge in [0, 0.05) is 24.7 Å². The largest absolute Gasteiger partial charge is 0.312 e. The zero-order valence-electron chi connectivity index (χ0n) is 13.9. The second kappa shape index (κ2) is 6.93. The van der Waals surface area contributed by atoms with Crippen LogP contribution in [-0.4, -0.2) is 20.7 Å². The van der Waals surface area contributed by atoms with Crippen molar-refractivity contribution < 1.29 is 9.18 Å². The van der Waals surface area contributed by atoms with Gasteiger partial charge in [-0.1, -0.05) is 11.6 Å². The highest BCUT2D eigenvalue weighted by Gasteiger charge is 2.16. The van der Waals surface area contributed by atoms with Crippen molar-refractivity contribution in [1.29, 1.82) is 0 Å². The maximum Gasteiger partial charge on any atom is 0.259 e. The van der Waals surface area contributed by atoms with Crippen molar-refractivity contribution in [3.05, 3.63) is 62.8 Å². The molecular weight excluding hydrogens is 363 g/mol. The Morgan fingerprint density at radius 2 is 2.08 bits per heavy atom. The minimum atomic E-state index is -0.378. The first-order chi connectivity index (χ1) is 11.8. The minimum absolute atomic E-state index is 0.224. The third kappa shape index (κ3) is 4.05. The standard InChI is InChI=1S/C17H16ClFN4OS/c1-9-14(8-23(3)22-9)16(24)21-17-10(2)20-15(25-17)6-11-4-12(18)7-13(19)5-11/h4-5,7-8H,6H2,1-3H3,(H,21,24). The molecule has 2 aromatic heterocycles. The number of carbonyl (C=O) groups excluding carboxylic acids is 1. The highest BCUT2D eigenvalue weighted by molar-refractivity contribution is 7.16. The lowest BCUT2D eigenvalue weighted by Gasteiger charge is -2.01. The number of amides is 1. The van der Waals surface area contributed by atoms with Crippen LogP contribution in [0.3, 0.4) is 0 Å². The summed E-state index contributed by atoms with van der Waals surface area (Å²) in [5, 5.41) is 8.84. The van der Waals surface area contributed by atoms with E-state index >= 15 is 0 Å². The smallest absolute Gasteiger partial charge is 0.259 e. The average Bonchev–Trinajstić information content (AvgIpc) is 3.00. The lowest BCUT2D eigenvalue weighted by atomic mass is 10.1. The van der Waals surface area contributed by atoms with E-state index in [9.17, 15) is 9.18 Å². The summed E-state index contributed by atoms with van der Waals surface area (Å²) in [6.07, 6.45) is 2.13. The van der Waals surface area contributed by atoms with Crippen LogP contribution >= 0.6 is 22.9 Å². The van der Waals surface area contributed by atoms with Crippen LogP contribution in [0.15, 0.2) is 24.4 Å². The molecule has 0 aliphatic rings. The SMILES string of the molecule is Cc1nn(C)cc1C(=O)Nc1sc(Cc2cc(F)cc(Cl)c2)nc1C. The summed E-state index contributed by atoms with van der Waals surface area (Å²) in [5.74, 6) is -0.603. The van der Waals surface area contributed by atoms with Crippen LogP contribution in [0.25, 0.3) is 0 Å². The van der Waals surface area contributed by atoms with E-state index in [4.69, 9.17) is 11.6 Å². The fraction of sp³-hybridized carbons (Fsp3) is 0.235. The highest BCUT2D eigenvalue weighted by Crippen LogP contribution is 2.27. The molecule has 0 saturated heterocycles. The molecule has 3 aromatic rings. The molecule has 1 aromatic carbocycles. The fourth-order valence-electron chi connectivity index (χ4n) is 2.52. The Hall–Kier alpha value is -2.25. The van der Waals surface area contributed by atoms with Gasteiger partial charge in [0.05, 0.1) is 22.0 Å². The van der Waals surface area contributed by atoms with E-state index in [2.05, 4.69) is 15.4 Å². The molecule has 2 heterocycles. The van der Waals surface area contributed by atoms with E-state index in [1.54, 1.807) is 30.9 Å². The van der Waals surface area contributed by atoms with Crippen LogP contribution in [-0.2, 0) is 13.5 Å². The number of hydrogen-bond donors (Lipinski definition) is 1. The lowest BCUT2D eigenvalue weighted by molar-refractivity contribution is 0.102. The number of halogens is 2. The van der Waals surface area contributed by atoms with Crippen molar-refractivity contribution in [2.75, 3.05) is 5.32 Å². The molecule has 0 fully saturated rings. The van der Waals surface area contributed by atoms with Crippen LogP contribution in [0.1, 0.15) is 32.3 Å². The predicted molar refractivity (Wildman–Crippen MR) is 97.0 cm³/mol. The normalized spacial score (nSPS) is 10.9. The number of rotatable bonds is 4. The predicted octanol–water partition coefficient (Wildman–Crippen LogP) is 4.13. The molecule has 1 amide bonds. The summed E-state index contributed by atoms with van der Waals surface area (Å²) >= 11 is 7.25. The Morgan fingerprint density at radius 1 is 1.32 bits per heavy atom. The summed E-state index contributed by atoms with van der Waals surface area (Å²) in [5.41, 5.74) is 2.64. The molecule has 8 heteroatoms. The van der Waals surface area contributed by atoms with Gasteiger partial charge in [0.15, 0.2) is 0 Å². The van der Waals surface area contributed by atoms with Crippen LogP contribution < -0.4 is 5.32 Å². The van der Waals surface area contributed by atoms with Crippen molar-refractivity contribution in [3.63, 3.8) is 0 Å². The number of benzene rings is 1. The van der Waals surface area contributed by atoms with E-state index in [0.717, 1.165) is 16.3 Å². The molecule has 1 N–H and O–H groups in total. The van der Waals surface area contributed by atoms with Crippen LogP contribution in [0.5, 0.6) is 0 Å². The minimum Gasteiger partial charge on any atom is -0.312 e. The van der Waals surface area contributed by atoms with Gasteiger partial charge in [0.25, 0.3) is 5.91 Å². The van der Waals surface area contributed by atoms with Gasteiger partial charge in [-0.25, -0.2) is 9.37 Å². The molecule has 3 rings (SSSR count). The number of aromatic nitrogens is 3. The number of hydrogen-bond acceptors (Lipinski definition) is 4. The average molecular weight is 379 g/mol. The first kappa shape index (κ1) is 17.6. The van der Waals surface area contributed by atoms with Gasteiger partial charge in [-0.2, -0.15) is 5.10 Å². The van der Waals surface area contributed by atoms with Crippen molar-refractivity contribution >= 4 is 33.8 Å². The van der Waals surface area contributed by atoms with E-state index < -0.39 is 0 Å². The molecular formula is C17H16ClFN4OS. The summed E-state index contributed by atoms with van der Waals surface area (Å²) in [6, 6.07) is 4.40. The van der Waals surface area contributed by atoms with Gasteiger partial charge >= 0.3 is 0 Å². The van der Waals surface area contributed by atoms with Crippen LogP contribution in [0, 0.1) is 19.7 Å². The second-order valence-corrected chi connectivity index (χ2v) is 7.25. The molecule has 0 radical (unpaired) electrons. The summed E-state index contributed by atoms with van der Waals surface area (Å²) in [6.45, 7) is 3.61. The Morgan fingerprint density at radius 3 is 2.72 bits per heavy atom. The number of nitrogens with zero attached hydrogens (tertiary/aromatic N) is 3. The van der Waals surface area contributed by atoms with Gasteiger partial charge in [0.2, 0.25) is 0 Å². The van der Waals surface area contributed by atoms with Crippen molar-refractivity contribution in [1.82, 2.24) is 14.8 Å². The van der Waals surface area contributed by atoms with Crippen LogP contribution in [0.2, 0.25) is 5.02 Å². The third-order valence-corrected chi connectivity index (χ3v) is 4.89. The number of aryl methyl sites for hydroxylation is 3. The molecule has 0 saturated carbocycles. The Kier molecular flexibility index (Phi) is 4.87. The highest BCUT2D eigenvalue weighted by atomic mass is 35.5.